The fourth-order valence-electron chi connectivity index (χ4n) is 1.22. The van der Waals surface area contributed by atoms with Crippen LogP contribution in [0.2, 0.25) is 0 Å². The Balaban J connectivity index is 2.02. The van der Waals surface area contributed by atoms with Gasteiger partial charge < -0.3 is 5.32 Å². The highest BCUT2D eigenvalue weighted by atomic mass is 79.9. The van der Waals surface area contributed by atoms with Gasteiger partial charge in [-0.2, -0.15) is 0 Å². The van der Waals surface area contributed by atoms with Crippen LogP contribution in [0.4, 0.5) is 10.3 Å². The van der Waals surface area contributed by atoms with Gasteiger partial charge in [0.1, 0.15) is 0 Å². The molecule has 16 heavy (non-hydrogen) atoms. The van der Waals surface area contributed by atoms with Crippen molar-refractivity contribution in [3.8, 4) is 0 Å². The summed E-state index contributed by atoms with van der Waals surface area (Å²) in [5.74, 6) is -0.0244. The Hall–Kier alpha value is -1.49. The second-order valence-electron chi connectivity index (χ2n) is 3.17. The molecule has 2 rings (SSSR count). The first-order chi connectivity index (χ1) is 7.75. The van der Waals surface area contributed by atoms with Gasteiger partial charge in [0, 0.05) is 11.0 Å². The molecule has 0 radical (unpaired) electrons. The van der Waals surface area contributed by atoms with Crippen molar-refractivity contribution in [2.75, 3.05) is 5.32 Å². The molecule has 1 N–H and O–H groups in total. The minimum atomic E-state index is -0.438. The minimum Gasteiger partial charge on any atom is -0.350 e. The first-order valence-corrected chi connectivity index (χ1v) is 5.50. The molecule has 82 valence electrons. The van der Waals surface area contributed by atoms with Gasteiger partial charge in [-0.25, -0.2) is 14.4 Å². The van der Waals surface area contributed by atoms with Crippen molar-refractivity contribution in [2.45, 2.75) is 6.54 Å². The Labute approximate surface area is 101 Å². The smallest absolute Gasteiger partial charge is 0.223 e. The largest absolute Gasteiger partial charge is 0.350 e. The molecule has 2 aromatic rings. The van der Waals surface area contributed by atoms with Gasteiger partial charge in [0.25, 0.3) is 0 Å². The second kappa shape index (κ2) is 5.03. The Kier molecular flexibility index (Phi) is 3.46. The van der Waals surface area contributed by atoms with E-state index in [9.17, 15) is 4.39 Å². The van der Waals surface area contributed by atoms with Crippen LogP contribution in [0.1, 0.15) is 5.56 Å². The number of anilines is 1. The van der Waals surface area contributed by atoms with Gasteiger partial charge in [-0.05, 0) is 11.6 Å². The highest BCUT2D eigenvalue weighted by molar-refractivity contribution is 9.10. The second-order valence-corrected chi connectivity index (χ2v) is 4.02. The number of benzene rings is 1. The zero-order valence-electron chi connectivity index (χ0n) is 8.32. The maximum Gasteiger partial charge on any atom is 0.223 e. The molecule has 1 heterocycles. The van der Waals surface area contributed by atoms with Crippen LogP contribution >= 0.6 is 15.9 Å². The number of nitrogens with zero attached hydrogens (tertiary/aromatic N) is 2. The highest BCUT2D eigenvalue weighted by Crippen LogP contribution is 2.16. The van der Waals surface area contributed by atoms with Crippen molar-refractivity contribution in [3.63, 3.8) is 0 Å². The molecule has 0 spiro atoms. The maximum atomic E-state index is 12.6. The molecule has 1 aromatic carbocycles. The van der Waals surface area contributed by atoms with Crippen molar-refractivity contribution in [1.82, 2.24) is 9.97 Å². The lowest BCUT2D eigenvalue weighted by Crippen LogP contribution is -2.03. The van der Waals surface area contributed by atoms with E-state index in [1.807, 2.05) is 24.3 Å². The number of rotatable bonds is 3. The van der Waals surface area contributed by atoms with Gasteiger partial charge in [-0.1, -0.05) is 34.1 Å². The molecule has 0 atom stereocenters. The van der Waals surface area contributed by atoms with E-state index in [1.54, 1.807) is 0 Å². The number of hydrogen-bond donors (Lipinski definition) is 1. The Morgan fingerprint density at radius 3 is 2.56 bits per heavy atom. The third kappa shape index (κ3) is 2.76. The fraction of sp³-hybridized carbons (Fsp3) is 0.0909. The predicted octanol–water partition coefficient (Wildman–Crippen LogP) is 2.99. The van der Waals surface area contributed by atoms with Crippen molar-refractivity contribution in [3.05, 3.63) is 52.5 Å². The van der Waals surface area contributed by atoms with Gasteiger partial charge in [0.2, 0.25) is 5.95 Å². The molecule has 3 nitrogen and oxygen atoms in total. The molecule has 0 aliphatic carbocycles. The molecule has 0 bridgehead atoms. The van der Waals surface area contributed by atoms with Crippen molar-refractivity contribution < 1.29 is 4.39 Å². The van der Waals surface area contributed by atoms with E-state index in [2.05, 4.69) is 31.2 Å². The summed E-state index contributed by atoms with van der Waals surface area (Å²) in [6.07, 6.45) is 2.27. The van der Waals surface area contributed by atoms with Crippen molar-refractivity contribution in [2.24, 2.45) is 0 Å². The minimum absolute atomic E-state index is 0.414. The van der Waals surface area contributed by atoms with Crippen LogP contribution in [0.3, 0.4) is 0 Å². The average Bonchev–Trinajstić information content (AvgIpc) is 2.30. The van der Waals surface area contributed by atoms with Crippen molar-refractivity contribution in [1.29, 1.82) is 0 Å². The van der Waals surface area contributed by atoms with E-state index in [1.165, 1.54) is 0 Å². The highest BCUT2D eigenvalue weighted by Gasteiger charge is 2.00. The number of hydrogen-bond acceptors (Lipinski definition) is 3. The van der Waals surface area contributed by atoms with Crippen LogP contribution in [-0.2, 0) is 6.54 Å². The van der Waals surface area contributed by atoms with Crippen molar-refractivity contribution >= 4 is 21.9 Å². The molecule has 5 heteroatoms. The van der Waals surface area contributed by atoms with Crippen LogP contribution in [0.5, 0.6) is 0 Å². The van der Waals surface area contributed by atoms with Gasteiger partial charge in [0.05, 0.1) is 12.4 Å². The standard InChI is InChI=1S/C11H9BrFN3/c12-10-4-2-1-3-8(10)5-14-11-15-6-9(13)7-16-11/h1-4,6-7H,5H2,(H,14,15,16). The maximum absolute atomic E-state index is 12.6. The summed E-state index contributed by atoms with van der Waals surface area (Å²) >= 11 is 3.44. The quantitative estimate of drug-likeness (QED) is 0.940. The van der Waals surface area contributed by atoms with Crippen LogP contribution in [0.25, 0.3) is 0 Å². The first kappa shape index (κ1) is 11.0. The lowest BCUT2D eigenvalue weighted by Gasteiger charge is -2.05. The van der Waals surface area contributed by atoms with Crippen LogP contribution < -0.4 is 5.32 Å². The molecule has 0 unspecified atom stereocenters. The SMILES string of the molecule is Fc1cnc(NCc2ccccc2Br)nc1. The Morgan fingerprint density at radius 2 is 1.88 bits per heavy atom. The third-order valence-electron chi connectivity index (χ3n) is 2.02. The molecule has 0 aliphatic heterocycles. The third-order valence-corrected chi connectivity index (χ3v) is 2.79. The number of nitrogens with one attached hydrogen (secondary N) is 1. The zero-order chi connectivity index (χ0) is 11.4. The van der Waals surface area contributed by atoms with E-state index in [4.69, 9.17) is 0 Å². The molecule has 0 saturated heterocycles. The molecule has 1 aromatic heterocycles. The number of aromatic nitrogens is 2. The van der Waals surface area contributed by atoms with Gasteiger partial charge in [0.15, 0.2) is 5.82 Å². The monoisotopic (exact) mass is 281 g/mol. The zero-order valence-corrected chi connectivity index (χ0v) is 9.91. The van der Waals surface area contributed by atoms with E-state index < -0.39 is 5.82 Å². The summed E-state index contributed by atoms with van der Waals surface area (Å²) in [5.41, 5.74) is 1.09. The topological polar surface area (TPSA) is 37.8 Å². The molecular weight excluding hydrogens is 273 g/mol. The van der Waals surface area contributed by atoms with E-state index >= 15 is 0 Å². The summed E-state index contributed by atoms with van der Waals surface area (Å²) in [6, 6.07) is 7.85. The van der Waals surface area contributed by atoms with E-state index in [0.29, 0.717) is 12.5 Å². The van der Waals surface area contributed by atoms with Crippen LogP contribution in [0, 0.1) is 5.82 Å². The molecule has 0 saturated carbocycles. The van der Waals surface area contributed by atoms with Gasteiger partial charge in [-0.15, -0.1) is 0 Å². The average molecular weight is 282 g/mol. The summed E-state index contributed by atoms with van der Waals surface area (Å²) in [5, 5.41) is 3.01. The normalized spacial score (nSPS) is 10.1. The number of halogens is 2. The first-order valence-electron chi connectivity index (χ1n) is 4.70. The fourth-order valence-corrected chi connectivity index (χ4v) is 1.64. The molecular formula is C11H9BrFN3. The summed E-state index contributed by atoms with van der Waals surface area (Å²) in [6.45, 7) is 0.590. The summed E-state index contributed by atoms with van der Waals surface area (Å²) < 4.78 is 13.6. The molecule has 0 aliphatic rings. The lowest BCUT2D eigenvalue weighted by atomic mass is 10.2. The predicted molar refractivity (Wildman–Crippen MR) is 63.5 cm³/mol. The molecule has 0 amide bonds. The lowest BCUT2D eigenvalue weighted by molar-refractivity contribution is 0.614. The van der Waals surface area contributed by atoms with E-state index in [0.717, 1.165) is 22.4 Å². The van der Waals surface area contributed by atoms with Gasteiger partial charge in [-0.3, -0.25) is 0 Å². The van der Waals surface area contributed by atoms with E-state index in [-0.39, 0.29) is 0 Å². The molecule has 0 fully saturated rings. The Morgan fingerprint density at radius 1 is 1.19 bits per heavy atom. The van der Waals surface area contributed by atoms with Crippen LogP contribution in [-0.4, -0.2) is 9.97 Å². The van der Waals surface area contributed by atoms with Crippen LogP contribution in [0.15, 0.2) is 41.1 Å². The Bertz CT molecular complexity index is 473. The van der Waals surface area contributed by atoms with Gasteiger partial charge >= 0.3 is 0 Å². The summed E-state index contributed by atoms with van der Waals surface area (Å²) in [4.78, 5) is 7.62. The summed E-state index contributed by atoms with van der Waals surface area (Å²) in [7, 11) is 0.